The molecule has 0 aromatic rings. The van der Waals surface area contributed by atoms with Gasteiger partial charge in [0, 0.05) is 59.4 Å². The van der Waals surface area contributed by atoms with Crippen molar-refractivity contribution < 1.29 is 8.42 Å². The van der Waals surface area contributed by atoms with Gasteiger partial charge in [0.1, 0.15) is 0 Å². The molecule has 0 spiro atoms. The van der Waals surface area contributed by atoms with Crippen molar-refractivity contribution in [2.75, 3.05) is 53.4 Å². The molecule has 2 aliphatic heterocycles. The molecule has 2 aliphatic rings. The number of rotatable bonds is 3. The van der Waals surface area contributed by atoms with Gasteiger partial charge >= 0.3 is 0 Å². The standard InChI is InChI=1S/C9H20N4O2S/c1-11(2)16(14,15)13-5-3-12(4-6-13)9-7-10-8-9/h9-10H,3-8H2,1-2H3. The van der Waals surface area contributed by atoms with Crippen LogP contribution in [0.25, 0.3) is 0 Å². The first-order chi connectivity index (χ1) is 7.51. The van der Waals surface area contributed by atoms with Crippen LogP contribution in [0.3, 0.4) is 0 Å². The predicted octanol–water partition coefficient (Wildman–Crippen LogP) is -1.62. The van der Waals surface area contributed by atoms with Gasteiger partial charge in [0.2, 0.25) is 0 Å². The molecule has 1 N–H and O–H groups in total. The zero-order valence-electron chi connectivity index (χ0n) is 9.89. The first-order valence-electron chi connectivity index (χ1n) is 5.64. The Morgan fingerprint density at radius 3 is 2.06 bits per heavy atom. The highest BCUT2D eigenvalue weighted by Crippen LogP contribution is 2.13. The lowest BCUT2D eigenvalue weighted by Crippen LogP contribution is -2.62. The van der Waals surface area contributed by atoms with Crippen molar-refractivity contribution in [3.8, 4) is 0 Å². The molecule has 0 aliphatic carbocycles. The van der Waals surface area contributed by atoms with Gasteiger partial charge in [-0.05, 0) is 0 Å². The normalized spacial score (nSPS) is 25.9. The lowest BCUT2D eigenvalue weighted by atomic mass is 10.1. The van der Waals surface area contributed by atoms with Crippen LogP contribution in [0.4, 0.5) is 0 Å². The Kier molecular flexibility index (Phi) is 3.50. The molecule has 2 rings (SSSR count). The number of hydrogen-bond acceptors (Lipinski definition) is 4. The second-order valence-electron chi connectivity index (χ2n) is 4.54. The minimum Gasteiger partial charge on any atom is -0.314 e. The summed E-state index contributed by atoms with van der Waals surface area (Å²) in [4.78, 5) is 2.37. The van der Waals surface area contributed by atoms with Gasteiger partial charge in [-0.15, -0.1) is 0 Å². The monoisotopic (exact) mass is 248 g/mol. The van der Waals surface area contributed by atoms with Gasteiger partial charge in [-0.2, -0.15) is 17.0 Å². The quantitative estimate of drug-likeness (QED) is 0.652. The third-order valence-corrected chi connectivity index (χ3v) is 5.28. The van der Waals surface area contributed by atoms with Gasteiger partial charge in [-0.25, -0.2) is 0 Å². The Morgan fingerprint density at radius 2 is 1.69 bits per heavy atom. The van der Waals surface area contributed by atoms with E-state index in [2.05, 4.69) is 10.2 Å². The van der Waals surface area contributed by atoms with E-state index in [0.29, 0.717) is 19.1 Å². The second-order valence-corrected chi connectivity index (χ2v) is 6.68. The Morgan fingerprint density at radius 1 is 1.12 bits per heavy atom. The zero-order chi connectivity index (χ0) is 11.8. The van der Waals surface area contributed by atoms with E-state index in [1.807, 2.05) is 0 Å². The molecular formula is C9H20N4O2S. The summed E-state index contributed by atoms with van der Waals surface area (Å²) in [5.74, 6) is 0. The fourth-order valence-electron chi connectivity index (χ4n) is 2.06. The maximum atomic E-state index is 11.9. The summed E-state index contributed by atoms with van der Waals surface area (Å²) < 4.78 is 26.6. The lowest BCUT2D eigenvalue weighted by Gasteiger charge is -2.43. The zero-order valence-corrected chi connectivity index (χ0v) is 10.7. The summed E-state index contributed by atoms with van der Waals surface area (Å²) >= 11 is 0. The maximum absolute atomic E-state index is 11.9. The van der Waals surface area contributed by atoms with Crippen molar-refractivity contribution in [3.05, 3.63) is 0 Å². The fourth-order valence-corrected chi connectivity index (χ4v) is 3.15. The topological polar surface area (TPSA) is 55.9 Å². The second kappa shape index (κ2) is 4.58. The van der Waals surface area contributed by atoms with E-state index in [1.54, 1.807) is 18.4 Å². The van der Waals surface area contributed by atoms with Gasteiger partial charge in [0.05, 0.1) is 0 Å². The van der Waals surface area contributed by atoms with Crippen LogP contribution in [0.1, 0.15) is 0 Å². The Labute approximate surface area is 97.4 Å². The Bertz CT molecular complexity index is 331. The molecule has 6 nitrogen and oxygen atoms in total. The SMILES string of the molecule is CN(C)S(=O)(=O)N1CCN(C2CNC2)CC1. The minimum absolute atomic E-state index is 0.608. The van der Waals surface area contributed by atoms with Crippen LogP contribution in [-0.2, 0) is 10.2 Å². The first-order valence-corrected chi connectivity index (χ1v) is 7.04. The third kappa shape index (κ3) is 2.23. The molecule has 16 heavy (non-hydrogen) atoms. The minimum atomic E-state index is -3.21. The van der Waals surface area contributed by atoms with E-state index < -0.39 is 10.2 Å². The summed E-state index contributed by atoms with van der Waals surface area (Å²) in [6.45, 7) is 4.99. The summed E-state index contributed by atoms with van der Waals surface area (Å²) in [5, 5.41) is 3.24. The van der Waals surface area contributed by atoms with Crippen molar-refractivity contribution in [2.45, 2.75) is 6.04 Å². The van der Waals surface area contributed by atoms with Crippen LogP contribution in [0, 0.1) is 0 Å². The molecule has 0 aromatic heterocycles. The average Bonchev–Trinajstić information content (AvgIpc) is 2.15. The number of nitrogens with one attached hydrogen (secondary N) is 1. The number of nitrogens with zero attached hydrogens (tertiary/aromatic N) is 3. The van der Waals surface area contributed by atoms with Crippen LogP contribution >= 0.6 is 0 Å². The molecule has 0 amide bonds. The molecule has 0 atom stereocenters. The van der Waals surface area contributed by atoms with Gasteiger partial charge in [-0.3, -0.25) is 4.90 Å². The smallest absolute Gasteiger partial charge is 0.281 e. The van der Waals surface area contributed by atoms with Crippen molar-refractivity contribution in [3.63, 3.8) is 0 Å². The van der Waals surface area contributed by atoms with Crippen LogP contribution < -0.4 is 5.32 Å². The highest BCUT2D eigenvalue weighted by Gasteiger charge is 2.32. The van der Waals surface area contributed by atoms with E-state index in [0.717, 1.165) is 26.2 Å². The van der Waals surface area contributed by atoms with E-state index in [4.69, 9.17) is 0 Å². The first kappa shape index (κ1) is 12.3. The van der Waals surface area contributed by atoms with Crippen LogP contribution in [0.5, 0.6) is 0 Å². The van der Waals surface area contributed by atoms with E-state index in [-0.39, 0.29) is 0 Å². The predicted molar refractivity (Wildman–Crippen MR) is 62.4 cm³/mol. The third-order valence-electron chi connectivity index (χ3n) is 3.34. The van der Waals surface area contributed by atoms with Crippen molar-refractivity contribution >= 4 is 10.2 Å². The summed E-state index contributed by atoms with van der Waals surface area (Å²) in [6, 6.07) is 0.615. The molecular weight excluding hydrogens is 228 g/mol. The van der Waals surface area contributed by atoms with Crippen molar-refractivity contribution in [1.82, 2.24) is 18.8 Å². The van der Waals surface area contributed by atoms with E-state index >= 15 is 0 Å². The molecule has 7 heteroatoms. The molecule has 0 bridgehead atoms. The fraction of sp³-hybridized carbons (Fsp3) is 1.00. The number of piperazine rings is 1. The summed E-state index contributed by atoms with van der Waals surface area (Å²) in [6.07, 6.45) is 0. The van der Waals surface area contributed by atoms with Gasteiger partial charge < -0.3 is 5.32 Å². The lowest BCUT2D eigenvalue weighted by molar-refractivity contribution is 0.101. The highest BCUT2D eigenvalue weighted by atomic mass is 32.2. The molecule has 2 saturated heterocycles. The number of hydrogen-bond donors (Lipinski definition) is 1. The molecule has 0 unspecified atom stereocenters. The molecule has 0 aromatic carbocycles. The molecule has 94 valence electrons. The molecule has 0 saturated carbocycles. The molecule has 0 radical (unpaired) electrons. The van der Waals surface area contributed by atoms with E-state index in [1.165, 1.54) is 4.31 Å². The molecule has 2 fully saturated rings. The average molecular weight is 248 g/mol. The van der Waals surface area contributed by atoms with Crippen LogP contribution in [0.2, 0.25) is 0 Å². The Hall–Kier alpha value is -0.210. The van der Waals surface area contributed by atoms with Gasteiger partial charge in [0.25, 0.3) is 10.2 Å². The van der Waals surface area contributed by atoms with Gasteiger partial charge in [0.15, 0.2) is 0 Å². The highest BCUT2D eigenvalue weighted by molar-refractivity contribution is 7.86. The van der Waals surface area contributed by atoms with Gasteiger partial charge in [-0.1, -0.05) is 0 Å². The van der Waals surface area contributed by atoms with E-state index in [9.17, 15) is 8.42 Å². The molecule has 2 heterocycles. The maximum Gasteiger partial charge on any atom is 0.281 e. The Balaban J connectivity index is 1.89. The van der Waals surface area contributed by atoms with Crippen LogP contribution in [0.15, 0.2) is 0 Å². The summed E-state index contributed by atoms with van der Waals surface area (Å²) in [7, 11) is -0.0516. The van der Waals surface area contributed by atoms with Crippen molar-refractivity contribution in [1.29, 1.82) is 0 Å². The summed E-state index contributed by atoms with van der Waals surface area (Å²) in [5.41, 5.74) is 0. The largest absolute Gasteiger partial charge is 0.314 e. The van der Waals surface area contributed by atoms with Crippen molar-refractivity contribution in [2.24, 2.45) is 0 Å². The van der Waals surface area contributed by atoms with Crippen LogP contribution in [-0.4, -0.2) is 81.3 Å².